The van der Waals surface area contributed by atoms with Crippen molar-refractivity contribution in [3.63, 3.8) is 0 Å². The summed E-state index contributed by atoms with van der Waals surface area (Å²) in [6.07, 6.45) is -2.38. The molecule has 206 valence electrons. The maximum atomic E-state index is 13.2. The van der Waals surface area contributed by atoms with E-state index in [-0.39, 0.29) is 31.0 Å². The number of carbonyl (C=O) groups excluding carboxylic acids is 2. The van der Waals surface area contributed by atoms with E-state index < -0.39 is 34.2 Å². The predicted molar refractivity (Wildman–Crippen MR) is 139 cm³/mol. The van der Waals surface area contributed by atoms with E-state index in [0.29, 0.717) is 31.4 Å². The van der Waals surface area contributed by atoms with E-state index in [0.717, 1.165) is 22.9 Å². The van der Waals surface area contributed by atoms with Gasteiger partial charge in [0.1, 0.15) is 5.56 Å². The molecule has 4 rings (SSSR count). The summed E-state index contributed by atoms with van der Waals surface area (Å²) in [7, 11) is 0. The van der Waals surface area contributed by atoms with Crippen LogP contribution >= 0.6 is 0 Å². The van der Waals surface area contributed by atoms with E-state index >= 15 is 0 Å². The van der Waals surface area contributed by atoms with Gasteiger partial charge < -0.3 is 20.7 Å². The lowest BCUT2D eigenvalue weighted by Gasteiger charge is -2.30. The summed E-state index contributed by atoms with van der Waals surface area (Å²) in [6, 6.07) is 15.8. The third-order valence-electron chi connectivity index (χ3n) is 6.50. The molecule has 12 heteroatoms. The second-order valence-electron chi connectivity index (χ2n) is 9.25. The molecule has 3 aromatic rings. The molecule has 0 radical (unpaired) electrons. The summed E-state index contributed by atoms with van der Waals surface area (Å²) in [5, 5.41) is 21.0. The first kappa shape index (κ1) is 27.8. The summed E-state index contributed by atoms with van der Waals surface area (Å²) in [4.78, 5) is 34.2. The zero-order valence-corrected chi connectivity index (χ0v) is 20.8. The van der Waals surface area contributed by atoms with Gasteiger partial charge in [0.2, 0.25) is 0 Å². The SMILES string of the molecule is O=C(NCCOC1CCC(Nc2ccc([N+](=O)[O-])c(C(F)(F)F)c2)CC1)C(=O)Nc1ccc2ccccc2c1. The lowest BCUT2D eigenvalue weighted by atomic mass is 9.92. The topological polar surface area (TPSA) is 123 Å². The molecule has 0 bridgehead atoms. The van der Waals surface area contributed by atoms with Gasteiger partial charge in [-0.3, -0.25) is 19.7 Å². The molecule has 9 nitrogen and oxygen atoms in total. The largest absolute Gasteiger partial charge is 0.423 e. The van der Waals surface area contributed by atoms with Gasteiger partial charge in [-0.2, -0.15) is 13.2 Å². The molecule has 1 saturated carbocycles. The molecule has 2 amide bonds. The number of halogens is 3. The van der Waals surface area contributed by atoms with Crippen LogP contribution in [0.1, 0.15) is 31.2 Å². The quantitative estimate of drug-likeness (QED) is 0.154. The zero-order valence-electron chi connectivity index (χ0n) is 20.8. The van der Waals surface area contributed by atoms with Crippen molar-refractivity contribution in [1.29, 1.82) is 0 Å². The summed E-state index contributed by atoms with van der Waals surface area (Å²) < 4.78 is 45.4. The van der Waals surface area contributed by atoms with E-state index in [1.807, 2.05) is 30.3 Å². The monoisotopic (exact) mass is 544 g/mol. The molecule has 0 aromatic heterocycles. The van der Waals surface area contributed by atoms with Gasteiger partial charge in [0.25, 0.3) is 5.69 Å². The minimum atomic E-state index is -4.84. The van der Waals surface area contributed by atoms with Crippen molar-refractivity contribution in [2.45, 2.75) is 44.0 Å². The maximum Gasteiger partial charge on any atom is 0.423 e. The molecular weight excluding hydrogens is 517 g/mol. The molecule has 1 aliphatic carbocycles. The van der Waals surface area contributed by atoms with Crippen LogP contribution in [0, 0.1) is 10.1 Å². The molecular formula is C27H27F3N4O5. The zero-order chi connectivity index (χ0) is 28.0. The van der Waals surface area contributed by atoms with Gasteiger partial charge in [0, 0.05) is 30.0 Å². The molecule has 0 atom stereocenters. The Balaban J connectivity index is 1.16. The van der Waals surface area contributed by atoms with Crippen LogP contribution < -0.4 is 16.0 Å². The van der Waals surface area contributed by atoms with Gasteiger partial charge in [0.05, 0.1) is 17.6 Å². The molecule has 3 N–H and O–H groups in total. The Morgan fingerprint density at radius 3 is 2.31 bits per heavy atom. The number of benzene rings is 3. The number of hydrogen-bond donors (Lipinski definition) is 3. The fourth-order valence-electron chi connectivity index (χ4n) is 4.55. The van der Waals surface area contributed by atoms with Gasteiger partial charge in [-0.05, 0) is 60.7 Å². The second-order valence-corrected chi connectivity index (χ2v) is 9.25. The standard InChI is InChI=1S/C27H27F3N4O5/c28-27(29,30)23-16-21(9-12-24(23)34(37)38)32-19-7-10-22(11-8-19)39-14-13-31-25(35)26(36)33-20-6-5-17-3-1-2-4-18(17)15-20/h1-6,9,12,15-16,19,22,32H,7-8,10-11,13-14H2,(H,31,35)(H,33,36). The van der Waals surface area contributed by atoms with Crippen LogP contribution in [0.2, 0.25) is 0 Å². The van der Waals surface area contributed by atoms with Crippen LogP contribution in [0.15, 0.2) is 60.7 Å². The molecule has 1 fully saturated rings. The number of ether oxygens (including phenoxy) is 1. The predicted octanol–water partition coefficient (Wildman–Crippen LogP) is 5.26. The number of nitrogens with one attached hydrogen (secondary N) is 3. The highest BCUT2D eigenvalue weighted by Crippen LogP contribution is 2.38. The Bertz CT molecular complexity index is 1360. The Morgan fingerprint density at radius 1 is 0.923 bits per heavy atom. The third kappa shape index (κ3) is 7.44. The summed E-state index contributed by atoms with van der Waals surface area (Å²) >= 11 is 0. The Hall–Kier alpha value is -4.19. The van der Waals surface area contributed by atoms with Crippen molar-refractivity contribution >= 4 is 39.6 Å². The number of amides is 2. The van der Waals surface area contributed by atoms with Gasteiger partial charge in [-0.25, -0.2) is 0 Å². The Kier molecular flexibility index (Phi) is 8.65. The molecule has 0 heterocycles. The maximum absolute atomic E-state index is 13.2. The lowest BCUT2D eigenvalue weighted by molar-refractivity contribution is -0.388. The van der Waals surface area contributed by atoms with E-state index in [1.165, 1.54) is 6.07 Å². The molecule has 0 spiro atoms. The summed E-state index contributed by atoms with van der Waals surface area (Å²) in [5.41, 5.74) is -1.59. The van der Waals surface area contributed by atoms with Crippen LogP contribution in [-0.4, -0.2) is 42.0 Å². The minimum absolute atomic E-state index is 0.0889. The third-order valence-corrected chi connectivity index (χ3v) is 6.50. The fourth-order valence-corrected chi connectivity index (χ4v) is 4.55. The number of nitro groups is 1. The average Bonchev–Trinajstić information content (AvgIpc) is 2.91. The first-order chi connectivity index (χ1) is 18.6. The molecule has 39 heavy (non-hydrogen) atoms. The highest BCUT2D eigenvalue weighted by molar-refractivity contribution is 6.39. The van der Waals surface area contributed by atoms with E-state index in [2.05, 4.69) is 16.0 Å². The van der Waals surface area contributed by atoms with Gasteiger partial charge in [-0.15, -0.1) is 0 Å². The average molecular weight is 545 g/mol. The van der Waals surface area contributed by atoms with Gasteiger partial charge in [0.15, 0.2) is 0 Å². The number of alkyl halides is 3. The highest BCUT2D eigenvalue weighted by Gasteiger charge is 2.38. The second kappa shape index (κ2) is 12.1. The first-order valence-corrected chi connectivity index (χ1v) is 12.4. The van der Waals surface area contributed by atoms with Gasteiger partial charge >= 0.3 is 18.0 Å². The van der Waals surface area contributed by atoms with Gasteiger partial charge in [-0.1, -0.05) is 30.3 Å². The fraction of sp³-hybridized carbons (Fsp3) is 0.333. The van der Waals surface area contributed by atoms with Crippen molar-refractivity contribution < 1.29 is 32.4 Å². The number of nitro benzene ring substituents is 1. The molecule has 3 aromatic carbocycles. The number of fused-ring (bicyclic) bond motifs is 1. The molecule has 0 unspecified atom stereocenters. The number of carbonyl (C=O) groups is 2. The Morgan fingerprint density at radius 2 is 1.62 bits per heavy atom. The molecule has 0 aliphatic heterocycles. The van der Waals surface area contributed by atoms with Crippen molar-refractivity contribution in [3.05, 3.63) is 76.3 Å². The number of rotatable bonds is 8. The first-order valence-electron chi connectivity index (χ1n) is 12.4. The highest BCUT2D eigenvalue weighted by atomic mass is 19.4. The van der Waals surface area contributed by atoms with E-state index in [1.54, 1.807) is 12.1 Å². The van der Waals surface area contributed by atoms with Crippen LogP contribution in [0.5, 0.6) is 0 Å². The molecule has 1 aliphatic rings. The van der Waals surface area contributed by atoms with E-state index in [9.17, 15) is 32.9 Å². The van der Waals surface area contributed by atoms with Crippen molar-refractivity contribution in [2.24, 2.45) is 0 Å². The minimum Gasteiger partial charge on any atom is -0.382 e. The number of anilines is 2. The van der Waals surface area contributed by atoms with Crippen LogP contribution in [-0.2, 0) is 20.5 Å². The summed E-state index contributed by atoms with van der Waals surface area (Å²) in [6.45, 7) is 0.347. The van der Waals surface area contributed by atoms with Crippen LogP contribution in [0.25, 0.3) is 10.8 Å². The smallest absolute Gasteiger partial charge is 0.382 e. The van der Waals surface area contributed by atoms with Crippen molar-refractivity contribution in [1.82, 2.24) is 5.32 Å². The summed E-state index contributed by atoms with van der Waals surface area (Å²) in [5.74, 6) is -1.56. The number of nitrogens with zero attached hydrogens (tertiary/aromatic N) is 1. The Labute approximate surface area is 221 Å². The van der Waals surface area contributed by atoms with E-state index in [4.69, 9.17) is 4.74 Å². The van der Waals surface area contributed by atoms with Crippen LogP contribution in [0.4, 0.5) is 30.2 Å². The normalized spacial score (nSPS) is 17.4. The van der Waals surface area contributed by atoms with Crippen molar-refractivity contribution in [2.75, 3.05) is 23.8 Å². The van der Waals surface area contributed by atoms with Crippen molar-refractivity contribution in [3.8, 4) is 0 Å². The number of hydrogen-bond acceptors (Lipinski definition) is 6. The van der Waals surface area contributed by atoms with Crippen LogP contribution in [0.3, 0.4) is 0 Å². The molecule has 0 saturated heterocycles. The lowest BCUT2D eigenvalue weighted by Crippen LogP contribution is -2.38.